The van der Waals surface area contributed by atoms with Gasteiger partial charge in [-0.15, -0.1) is 0 Å². The zero-order chi connectivity index (χ0) is 14.7. The fraction of sp³-hybridized carbons (Fsp3) is 0.333. The van der Waals surface area contributed by atoms with Gasteiger partial charge in [-0.25, -0.2) is 8.78 Å². The Kier molecular flexibility index (Phi) is 4.99. The van der Waals surface area contributed by atoms with Crippen LogP contribution in [0.5, 0.6) is 0 Å². The fourth-order valence-electron chi connectivity index (χ4n) is 1.46. The molecule has 0 heterocycles. The summed E-state index contributed by atoms with van der Waals surface area (Å²) in [7, 11) is 1.40. The molecule has 0 saturated carbocycles. The Hall–Kier alpha value is -1.50. The molecule has 4 nitrogen and oxygen atoms in total. The lowest BCUT2D eigenvalue weighted by atomic mass is 10.1. The topological polar surface area (TPSA) is 57.6 Å². The van der Waals surface area contributed by atoms with E-state index in [2.05, 4.69) is 15.9 Å². The number of amides is 1. The van der Waals surface area contributed by atoms with Crippen molar-refractivity contribution in [2.45, 2.75) is 6.92 Å². The molecule has 0 aliphatic heterocycles. The van der Waals surface area contributed by atoms with E-state index in [1.165, 1.54) is 14.0 Å². The summed E-state index contributed by atoms with van der Waals surface area (Å²) in [6, 6.07) is 1.64. The van der Waals surface area contributed by atoms with Crippen LogP contribution >= 0.6 is 15.9 Å². The Balaban J connectivity index is 2.94. The minimum atomic E-state index is -1.13. The summed E-state index contributed by atoms with van der Waals surface area (Å²) in [5.74, 6) is -4.57. The van der Waals surface area contributed by atoms with Gasteiger partial charge in [-0.1, -0.05) is 6.92 Å². The van der Waals surface area contributed by atoms with Crippen molar-refractivity contribution < 1.29 is 23.5 Å². The van der Waals surface area contributed by atoms with E-state index < -0.39 is 29.4 Å². The van der Waals surface area contributed by atoms with Crippen LogP contribution in [0.1, 0.15) is 17.3 Å². The summed E-state index contributed by atoms with van der Waals surface area (Å²) in [4.78, 5) is 23.9. The highest BCUT2D eigenvalue weighted by Gasteiger charge is 2.21. The zero-order valence-corrected chi connectivity index (χ0v) is 11.9. The van der Waals surface area contributed by atoms with Gasteiger partial charge in [-0.2, -0.15) is 0 Å². The van der Waals surface area contributed by atoms with Crippen molar-refractivity contribution in [2.75, 3.05) is 13.6 Å². The third-order valence-electron chi connectivity index (χ3n) is 2.56. The van der Waals surface area contributed by atoms with Crippen LogP contribution in [-0.4, -0.2) is 35.5 Å². The average Bonchev–Trinajstić information content (AvgIpc) is 2.32. The molecular weight excluding hydrogens is 324 g/mol. The molecule has 1 N–H and O–H groups in total. The second-order valence-corrected chi connectivity index (χ2v) is 5.03. The normalized spacial score (nSPS) is 12.1. The molecule has 104 valence electrons. The van der Waals surface area contributed by atoms with E-state index in [4.69, 9.17) is 5.11 Å². The number of carboxylic acids is 1. The molecule has 1 rings (SSSR count). The molecule has 0 spiro atoms. The lowest BCUT2D eigenvalue weighted by Gasteiger charge is -2.20. The number of halogens is 3. The second kappa shape index (κ2) is 6.10. The highest BCUT2D eigenvalue weighted by atomic mass is 79.9. The van der Waals surface area contributed by atoms with E-state index in [-0.39, 0.29) is 16.6 Å². The van der Waals surface area contributed by atoms with Gasteiger partial charge in [0.15, 0.2) is 11.6 Å². The number of carbonyl (C=O) groups excluding carboxylic acids is 1. The first kappa shape index (κ1) is 15.6. The minimum Gasteiger partial charge on any atom is -0.481 e. The van der Waals surface area contributed by atoms with Gasteiger partial charge in [0.25, 0.3) is 5.91 Å². The molecule has 19 heavy (non-hydrogen) atoms. The maximum Gasteiger partial charge on any atom is 0.308 e. The zero-order valence-electron chi connectivity index (χ0n) is 10.3. The Morgan fingerprint density at radius 1 is 1.37 bits per heavy atom. The molecule has 1 unspecified atom stereocenters. The minimum absolute atomic E-state index is 0.0282. The van der Waals surface area contributed by atoms with Gasteiger partial charge in [-0.05, 0) is 28.1 Å². The Labute approximate surface area is 117 Å². The lowest BCUT2D eigenvalue weighted by Crippen LogP contribution is -2.34. The SMILES string of the molecule is CC(CN(C)C(=O)c1cc(F)c(F)cc1Br)C(=O)O. The van der Waals surface area contributed by atoms with Gasteiger partial charge in [0.1, 0.15) is 0 Å². The summed E-state index contributed by atoms with van der Waals surface area (Å²) >= 11 is 2.97. The van der Waals surface area contributed by atoms with Crippen LogP contribution in [0, 0.1) is 17.6 Å². The molecule has 0 radical (unpaired) electrons. The molecule has 0 aliphatic carbocycles. The fourth-order valence-corrected chi connectivity index (χ4v) is 1.95. The van der Waals surface area contributed by atoms with Crippen molar-refractivity contribution >= 4 is 27.8 Å². The van der Waals surface area contributed by atoms with Gasteiger partial charge in [0.05, 0.1) is 11.5 Å². The van der Waals surface area contributed by atoms with Crippen molar-refractivity contribution in [3.63, 3.8) is 0 Å². The van der Waals surface area contributed by atoms with E-state index in [0.717, 1.165) is 17.0 Å². The predicted octanol–water partition coefficient (Wildman–Crippen LogP) is 2.52. The van der Waals surface area contributed by atoms with Gasteiger partial charge >= 0.3 is 5.97 Å². The van der Waals surface area contributed by atoms with Crippen LogP contribution in [0.4, 0.5) is 8.78 Å². The lowest BCUT2D eigenvalue weighted by molar-refractivity contribution is -0.141. The van der Waals surface area contributed by atoms with Gasteiger partial charge in [-0.3, -0.25) is 9.59 Å². The summed E-state index contributed by atoms with van der Waals surface area (Å²) in [5.41, 5.74) is -0.0565. The first-order valence-electron chi connectivity index (χ1n) is 5.36. The molecule has 1 atom stereocenters. The first-order chi connectivity index (χ1) is 8.73. The van der Waals surface area contributed by atoms with E-state index in [9.17, 15) is 18.4 Å². The third-order valence-corrected chi connectivity index (χ3v) is 3.21. The van der Waals surface area contributed by atoms with Crippen LogP contribution in [0.15, 0.2) is 16.6 Å². The second-order valence-electron chi connectivity index (χ2n) is 4.17. The van der Waals surface area contributed by atoms with Gasteiger partial charge in [0.2, 0.25) is 0 Å². The Bertz CT molecular complexity index is 522. The Morgan fingerprint density at radius 2 is 1.89 bits per heavy atom. The van der Waals surface area contributed by atoms with E-state index in [1.807, 2.05) is 0 Å². The monoisotopic (exact) mass is 335 g/mol. The number of hydrogen-bond donors (Lipinski definition) is 1. The summed E-state index contributed by atoms with van der Waals surface area (Å²) in [5, 5.41) is 8.76. The van der Waals surface area contributed by atoms with Crippen LogP contribution in [-0.2, 0) is 4.79 Å². The Morgan fingerprint density at radius 3 is 2.42 bits per heavy atom. The molecule has 0 bridgehead atoms. The molecule has 0 aromatic heterocycles. The molecule has 1 aromatic rings. The van der Waals surface area contributed by atoms with Gasteiger partial charge in [0, 0.05) is 18.1 Å². The maximum atomic E-state index is 13.1. The number of rotatable bonds is 4. The highest BCUT2D eigenvalue weighted by Crippen LogP contribution is 2.22. The van der Waals surface area contributed by atoms with E-state index in [1.54, 1.807) is 0 Å². The highest BCUT2D eigenvalue weighted by molar-refractivity contribution is 9.10. The summed E-state index contributed by atoms with van der Waals surface area (Å²) in [6.45, 7) is 1.42. The smallest absolute Gasteiger partial charge is 0.308 e. The molecule has 7 heteroatoms. The van der Waals surface area contributed by atoms with Crippen LogP contribution in [0.3, 0.4) is 0 Å². The van der Waals surface area contributed by atoms with Gasteiger partial charge < -0.3 is 10.0 Å². The number of carboxylic acid groups (broad SMARTS) is 1. The van der Waals surface area contributed by atoms with Crippen LogP contribution in [0.25, 0.3) is 0 Å². The van der Waals surface area contributed by atoms with E-state index in [0.29, 0.717) is 0 Å². The standard InChI is InChI=1S/C12H12BrF2NO3/c1-6(12(18)19)5-16(2)11(17)7-3-9(14)10(15)4-8(7)13/h3-4,6H,5H2,1-2H3,(H,18,19). The third kappa shape index (κ3) is 3.73. The number of carbonyl (C=O) groups is 2. The maximum absolute atomic E-state index is 13.1. The number of hydrogen-bond acceptors (Lipinski definition) is 2. The summed E-state index contributed by atoms with van der Waals surface area (Å²) in [6.07, 6.45) is 0. The number of aliphatic carboxylic acids is 1. The molecular formula is C12H12BrF2NO3. The molecule has 0 saturated heterocycles. The number of benzene rings is 1. The largest absolute Gasteiger partial charge is 0.481 e. The first-order valence-corrected chi connectivity index (χ1v) is 6.16. The predicted molar refractivity (Wildman–Crippen MR) is 67.8 cm³/mol. The van der Waals surface area contributed by atoms with Crippen LogP contribution in [0.2, 0.25) is 0 Å². The van der Waals surface area contributed by atoms with Crippen molar-refractivity contribution in [1.29, 1.82) is 0 Å². The average molecular weight is 336 g/mol. The molecule has 1 aromatic carbocycles. The van der Waals surface area contributed by atoms with Crippen molar-refractivity contribution in [2.24, 2.45) is 5.92 Å². The van der Waals surface area contributed by atoms with E-state index >= 15 is 0 Å². The van der Waals surface area contributed by atoms with Crippen molar-refractivity contribution in [1.82, 2.24) is 4.90 Å². The van der Waals surface area contributed by atoms with Crippen molar-refractivity contribution in [3.8, 4) is 0 Å². The molecule has 0 aliphatic rings. The number of nitrogens with zero attached hydrogens (tertiary/aromatic N) is 1. The summed E-state index contributed by atoms with van der Waals surface area (Å²) < 4.78 is 26.2. The molecule has 0 fully saturated rings. The van der Waals surface area contributed by atoms with Crippen molar-refractivity contribution in [3.05, 3.63) is 33.8 Å². The molecule has 1 amide bonds. The quantitative estimate of drug-likeness (QED) is 0.860. The van der Waals surface area contributed by atoms with Crippen LogP contribution < -0.4 is 0 Å².